The number of hydrogen-bond donors (Lipinski definition) is 2. The molecule has 4 aliphatic rings. The van der Waals surface area contributed by atoms with Crippen LogP contribution in [-0.4, -0.2) is 5.11 Å². The molecular formula is C18H25NO. The Kier molecular flexibility index (Phi) is 2.85. The third-order valence-electron chi connectivity index (χ3n) is 6.24. The molecule has 2 nitrogen and oxygen atoms in total. The second-order valence-corrected chi connectivity index (χ2v) is 7.50. The Bertz CT molecular complexity index is 508. The minimum absolute atomic E-state index is 0.371. The van der Waals surface area contributed by atoms with Gasteiger partial charge in [0.2, 0.25) is 0 Å². The highest BCUT2D eigenvalue weighted by Gasteiger charge is 2.49. The zero-order chi connectivity index (χ0) is 13.9. The van der Waals surface area contributed by atoms with Crippen LogP contribution in [0.25, 0.3) is 0 Å². The van der Waals surface area contributed by atoms with Gasteiger partial charge in [0.25, 0.3) is 0 Å². The first-order valence-corrected chi connectivity index (χ1v) is 8.18. The van der Waals surface area contributed by atoms with Gasteiger partial charge in [-0.2, -0.15) is 0 Å². The molecule has 0 amide bonds. The number of aryl methyl sites for hydroxylation is 1. The third kappa shape index (κ3) is 1.81. The lowest BCUT2D eigenvalue weighted by Gasteiger charge is -2.55. The quantitative estimate of drug-likeness (QED) is 0.861. The van der Waals surface area contributed by atoms with E-state index in [1.165, 1.54) is 48.8 Å². The van der Waals surface area contributed by atoms with Crippen LogP contribution < -0.4 is 5.73 Å². The lowest BCUT2D eigenvalue weighted by molar-refractivity contribution is -0.00327. The molecule has 20 heavy (non-hydrogen) atoms. The Hall–Kier alpha value is -1.02. The summed E-state index contributed by atoms with van der Waals surface area (Å²) in [6, 6.07) is 3.83. The van der Waals surface area contributed by atoms with Gasteiger partial charge in [-0.25, -0.2) is 0 Å². The van der Waals surface area contributed by atoms with E-state index >= 15 is 0 Å². The van der Waals surface area contributed by atoms with Crippen LogP contribution in [-0.2, 0) is 6.54 Å². The summed E-state index contributed by atoms with van der Waals surface area (Å²) < 4.78 is 0. The Morgan fingerprint density at radius 3 is 2.20 bits per heavy atom. The Morgan fingerprint density at radius 2 is 1.65 bits per heavy atom. The van der Waals surface area contributed by atoms with Crippen molar-refractivity contribution in [2.45, 2.75) is 51.5 Å². The first-order chi connectivity index (χ1) is 9.65. The number of aromatic hydroxyl groups is 1. The van der Waals surface area contributed by atoms with Crippen LogP contribution in [0.4, 0.5) is 0 Å². The van der Waals surface area contributed by atoms with E-state index in [4.69, 9.17) is 5.73 Å². The van der Waals surface area contributed by atoms with Gasteiger partial charge in [-0.1, -0.05) is 0 Å². The van der Waals surface area contributed by atoms with Crippen LogP contribution in [0.2, 0.25) is 0 Å². The molecule has 0 atom stereocenters. The van der Waals surface area contributed by atoms with Crippen molar-refractivity contribution < 1.29 is 5.11 Å². The Labute approximate surface area is 121 Å². The number of rotatable bonds is 2. The predicted octanol–water partition coefficient (Wildman–Crippen LogP) is 3.70. The highest BCUT2D eigenvalue weighted by atomic mass is 16.3. The molecule has 0 spiro atoms. The van der Waals surface area contributed by atoms with Gasteiger partial charge >= 0.3 is 0 Å². The second kappa shape index (κ2) is 4.49. The molecule has 4 fully saturated rings. The summed E-state index contributed by atoms with van der Waals surface area (Å²) in [5.74, 6) is 4.84. The van der Waals surface area contributed by atoms with Crippen molar-refractivity contribution in [3.05, 3.63) is 28.8 Å². The molecule has 0 aromatic heterocycles. The average molecular weight is 271 g/mol. The van der Waals surface area contributed by atoms with Gasteiger partial charge in [0.15, 0.2) is 0 Å². The predicted molar refractivity (Wildman–Crippen MR) is 80.5 cm³/mol. The van der Waals surface area contributed by atoms with Crippen LogP contribution in [0.5, 0.6) is 5.75 Å². The molecule has 4 bridgehead atoms. The first-order valence-electron chi connectivity index (χ1n) is 8.18. The van der Waals surface area contributed by atoms with E-state index in [0.717, 1.165) is 23.7 Å². The van der Waals surface area contributed by atoms with Crippen LogP contribution in [0.15, 0.2) is 12.1 Å². The largest absolute Gasteiger partial charge is 0.508 e. The molecule has 0 saturated heterocycles. The maximum absolute atomic E-state index is 9.84. The SMILES string of the molecule is Cc1cc(O)cc(CN)c1C1C2CC3CC(C2)CC1C3. The van der Waals surface area contributed by atoms with E-state index in [1.54, 1.807) is 0 Å². The fraction of sp³-hybridized carbons (Fsp3) is 0.667. The maximum atomic E-state index is 9.84. The number of phenols is 1. The van der Waals surface area contributed by atoms with Gasteiger partial charge in [-0.3, -0.25) is 0 Å². The summed E-state index contributed by atoms with van der Waals surface area (Å²) >= 11 is 0. The minimum atomic E-state index is 0.371. The molecule has 4 saturated carbocycles. The van der Waals surface area contributed by atoms with E-state index in [9.17, 15) is 5.11 Å². The smallest absolute Gasteiger partial charge is 0.116 e. The summed E-state index contributed by atoms with van der Waals surface area (Å²) in [6.07, 6.45) is 7.23. The van der Waals surface area contributed by atoms with Gasteiger partial charge in [0.05, 0.1) is 0 Å². The molecular weight excluding hydrogens is 246 g/mol. The fourth-order valence-corrected chi connectivity index (χ4v) is 5.89. The van der Waals surface area contributed by atoms with Gasteiger partial charge in [-0.15, -0.1) is 0 Å². The third-order valence-corrected chi connectivity index (χ3v) is 6.24. The van der Waals surface area contributed by atoms with Crippen LogP contribution >= 0.6 is 0 Å². The summed E-state index contributed by atoms with van der Waals surface area (Å²) in [5, 5.41) is 9.84. The lowest BCUT2D eigenvalue weighted by atomic mass is 9.50. The van der Waals surface area contributed by atoms with E-state index < -0.39 is 0 Å². The Morgan fingerprint density at radius 1 is 1.05 bits per heavy atom. The number of hydrogen-bond acceptors (Lipinski definition) is 2. The number of benzene rings is 1. The zero-order valence-corrected chi connectivity index (χ0v) is 12.3. The molecule has 0 unspecified atom stereocenters. The second-order valence-electron chi connectivity index (χ2n) is 7.50. The lowest BCUT2D eigenvalue weighted by Crippen LogP contribution is -2.44. The molecule has 2 heteroatoms. The molecule has 5 rings (SSSR count). The molecule has 3 N–H and O–H groups in total. The van der Waals surface area contributed by atoms with Crippen molar-refractivity contribution in [3.8, 4) is 5.75 Å². The van der Waals surface area contributed by atoms with Gasteiger partial charge in [-0.05, 0) is 97.4 Å². The number of nitrogens with two attached hydrogens (primary N) is 1. The van der Waals surface area contributed by atoms with Gasteiger partial charge in [0.1, 0.15) is 5.75 Å². The molecule has 1 aromatic carbocycles. The van der Waals surface area contributed by atoms with Crippen molar-refractivity contribution >= 4 is 0 Å². The van der Waals surface area contributed by atoms with Crippen molar-refractivity contribution in [1.29, 1.82) is 0 Å². The van der Waals surface area contributed by atoms with Crippen LogP contribution in [0.3, 0.4) is 0 Å². The van der Waals surface area contributed by atoms with E-state index in [1.807, 2.05) is 12.1 Å². The van der Waals surface area contributed by atoms with E-state index in [-0.39, 0.29) is 0 Å². The fourth-order valence-electron chi connectivity index (χ4n) is 5.89. The van der Waals surface area contributed by atoms with E-state index in [0.29, 0.717) is 18.2 Å². The highest BCUT2D eigenvalue weighted by Crippen LogP contribution is 2.60. The van der Waals surface area contributed by atoms with Crippen molar-refractivity contribution in [3.63, 3.8) is 0 Å². The van der Waals surface area contributed by atoms with Crippen LogP contribution in [0.1, 0.15) is 54.7 Å². The Balaban J connectivity index is 1.78. The first kappa shape index (κ1) is 12.7. The summed E-state index contributed by atoms with van der Waals surface area (Å²) in [5.41, 5.74) is 9.89. The summed E-state index contributed by atoms with van der Waals surface area (Å²) in [7, 11) is 0. The number of phenolic OH excluding ortho intramolecular Hbond substituents is 1. The van der Waals surface area contributed by atoms with E-state index in [2.05, 4.69) is 6.92 Å². The normalized spacial score (nSPS) is 38.4. The molecule has 4 aliphatic carbocycles. The molecule has 0 radical (unpaired) electrons. The molecule has 1 aromatic rings. The molecule has 0 aliphatic heterocycles. The summed E-state index contributed by atoms with van der Waals surface area (Å²) in [6.45, 7) is 2.70. The highest BCUT2D eigenvalue weighted by molar-refractivity contribution is 5.44. The minimum Gasteiger partial charge on any atom is -0.508 e. The summed E-state index contributed by atoms with van der Waals surface area (Å²) in [4.78, 5) is 0. The average Bonchev–Trinajstić information content (AvgIpc) is 2.39. The zero-order valence-electron chi connectivity index (χ0n) is 12.3. The van der Waals surface area contributed by atoms with Crippen LogP contribution in [0, 0.1) is 30.6 Å². The monoisotopic (exact) mass is 271 g/mol. The molecule has 0 heterocycles. The van der Waals surface area contributed by atoms with Gasteiger partial charge in [0, 0.05) is 6.54 Å². The standard InChI is InChI=1S/C18H25NO/c1-10-2-16(20)8-15(9-19)17(10)18-13-4-11-3-12(6-13)7-14(18)5-11/h2,8,11-14,18,20H,3-7,9,19H2,1H3. The maximum Gasteiger partial charge on any atom is 0.116 e. The van der Waals surface area contributed by atoms with Crippen molar-refractivity contribution in [2.75, 3.05) is 0 Å². The topological polar surface area (TPSA) is 46.2 Å². The van der Waals surface area contributed by atoms with Gasteiger partial charge < -0.3 is 10.8 Å². The van der Waals surface area contributed by atoms with Crippen molar-refractivity contribution in [1.82, 2.24) is 0 Å². The molecule has 108 valence electrons. The van der Waals surface area contributed by atoms with Crippen molar-refractivity contribution in [2.24, 2.45) is 29.4 Å².